The Morgan fingerprint density at radius 1 is 1.00 bits per heavy atom. The molecule has 0 aliphatic rings. The first kappa shape index (κ1) is 43.6. The van der Waals surface area contributed by atoms with E-state index in [9.17, 15) is 0 Å². The van der Waals surface area contributed by atoms with Crippen LogP contribution in [0.5, 0.6) is 0 Å². The van der Waals surface area contributed by atoms with Crippen molar-refractivity contribution >= 4 is 0 Å². The molecule has 0 spiro atoms. The maximum absolute atomic E-state index is 0. The van der Waals surface area contributed by atoms with Crippen LogP contribution in [0.2, 0.25) is 0 Å². The van der Waals surface area contributed by atoms with Gasteiger partial charge in [-0.2, -0.15) is 0 Å². The molecule has 0 saturated heterocycles. The number of hydrogen-bond acceptors (Lipinski definition) is 0. The molecule has 0 radical (unpaired) electrons. The van der Waals surface area contributed by atoms with Crippen molar-refractivity contribution in [1.82, 2.24) is 0 Å². The van der Waals surface area contributed by atoms with Crippen molar-refractivity contribution in [3.05, 3.63) is 0 Å². The number of rotatable bonds is 0. The van der Waals surface area contributed by atoms with Gasteiger partial charge in [0.15, 0.2) is 0 Å². The smallest absolute Gasteiger partial charge is 2.00 e. The summed E-state index contributed by atoms with van der Waals surface area (Å²) in [6.45, 7) is 0. The minimum Gasteiger partial charge on any atom is -2.00 e. The third kappa shape index (κ3) is 9.33. The first-order valence-electron chi connectivity index (χ1n) is 0. The Balaban J connectivity index is 0. The first-order chi connectivity index (χ1) is 0. The van der Waals surface area contributed by atoms with Gasteiger partial charge in [0, 0.05) is 0 Å². The van der Waals surface area contributed by atoms with Crippen molar-refractivity contribution in [1.29, 1.82) is 0 Å². The molecule has 0 heterocycles. The third-order valence-corrected chi connectivity index (χ3v) is 0. The molecule has 1 nitrogen and oxygen atoms in total. The quantitative estimate of drug-likeness (QED) is 0.322. The summed E-state index contributed by atoms with van der Waals surface area (Å²) in [5, 5.41) is 0. The molecule has 4 heavy (non-hydrogen) atoms. The van der Waals surface area contributed by atoms with E-state index < -0.39 is 0 Å². The van der Waals surface area contributed by atoms with Crippen molar-refractivity contribution in [2.24, 2.45) is 0 Å². The Morgan fingerprint density at radius 2 is 1.00 bits per heavy atom. The van der Waals surface area contributed by atoms with Gasteiger partial charge in [-0.3, -0.25) is 0 Å². The van der Waals surface area contributed by atoms with Gasteiger partial charge in [0.1, 0.15) is 0 Å². The van der Waals surface area contributed by atoms with Gasteiger partial charge in [-0.15, -0.1) is 0 Å². The third-order valence-electron chi connectivity index (χ3n) is 0. The summed E-state index contributed by atoms with van der Waals surface area (Å²) in [7, 11) is 0. The normalized spacial score (nSPS) is 0. The molecule has 4 heteroatoms. The molecule has 0 atom stereocenters. The van der Waals surface area contributed by atoms with Crippen LogP contribution in [-0.2, 0) is 42.0 Å². The largest absolute Gasteiger partial charge is 2.00 e. The number of hydrogen-bond donors (Lipinski definition) is 0. The SMILES string of the molecule is [Fe+2].[Li+].[O-2].[Zn+2]. The van der Waals surface area contributed by atoms with Gasteiger partial charge < -0.3 is 5.48 Å². The van der Waals surface area contributed by atoms with E-state index in [1.54, 1.807) is 0 Å². The van der Waals surface area contributed by atoms with Crippen LogP contribution in [-0.4, -0.2) is 0 Å². The summed E-state index contributed by atoms with van der Waals surface area (Å²) < 4.78 is 0. The molecular weight excluding hydrogens is 144 g/mol. The van der Waals surface area contributed by atoms with Crippen LogP contribution < -0.4 is 18.9 Å². The molecule has 0 fully saturated rings. The van der Waals surface area contributed by atoms with Crippen LogP contribution >= 0.6 is 0 Å². The molecule has 0 aliphatic carbocycles. The van der Waals surface area contributed by atoms with Crippen LogP contribution in [0.1, 0.15) is 0 Å². The van der Waals surface area contributed by atoms with Crippen LogP contribution in [0.4, 0.5) is 0 Å². The second-order valence-corrected chi connectivity index (χ2v) is 0. The molecule has 0 aromatic heterocycles. The Kier molecular flexibility index (Phi) is 242. The molecule has 14 valence electrons. The fourth-order valence-corrected chi connectivity index (χ4v) is 0. The molecule has 0 amide bonds. The Morgan fingerprint density at radius 3 is 1.00 bits per heavy atom. The zero-order chi connectivity index (χ0) is 0. The Labute approximate surface area is 60.6 Å². The standard InChI is InChI=1S/Fe.Li.O.Zn/q+2;+1;-2;+2. The van der Waals surface area contributed by atoms with Crippen LogP contribution in [0.3, 0.4) is 0 Å². The molecule has 0 unspecified atom stereocenters. The van der Waals surface area contributed by atoms with Crippen LogP contribution in [0.15, 0.2) is 0 Å². The summed E-state index contributed by atoms with van der Waals surface area (Å²) in [5.74, 6) is 0. The van der Waals surface area contributed by atoms with Crippen molar-refractivity contribution in [3.8, 4) is 0 Å². The van der Waals surface area contributed by atoms with Gasteiger partial charge in [0.2, 0.25) is 0 Å². The van der Waals surface area contributed by atoms with E-state index in [1.807, 2.05) is 0 Å². The van der Waals surface area contributed by atoms with E-state index in [0.717, 1.165) is 0 Å². The van der Waals surface area contributed by atoms with Gasteiger partial charge in [-0.25, -0.2) is 0 Å². The van der Waals surface area contributed by atoms with Crippen molar-refractivity contribution in [3.63, 3.8) is 0 Å². The van der Waals surface area contributed by atoms with E-state index in [4.69, 9.17) is 0 Å². The molecule has 0 bridgehead atoms. The zero-order valence-corrected chi connectivity index (χ0v) is 6.54. The van der Waals surface area contributed by atoms with Crippen molar-refractivity contribution in [2.45, 2.75) is 0 Å². The molecule has 0 aromatic carbocycles. The van der Waals surface area contributed by atoms with Gasteiger partial charge >= 0.3 is 55.4 Å². The fraction of sp³-hybridized carbons (Fsp3) is 0. The molecule has 0 aromatic rings. The summed E-state index contributed by atoms with van der Waals surface area (Å²) in [6, 6.07) is 0. The molecule has 0 N–H and O–H groups in total. The maximum Gasteiger partial charge on any atom is 2.00 e. The van der Waals surface area contributed by atoms with E-state index in [2.05, 4.69) is 0 Å². The Bertz CT molecular complexity index is 8.00. The predicted molar refractivity (Wildman–Crippen MR) is 0.686 cm³/mol. The van der Waals surface area contributed by atoms with E-state index >= 15 is 0 Å². The minimum absolute atomic E-state index is 0. The first-order valence-corrected chi connectivity index (χ1v) is 0. The molecule has 0 saturated carbocycles. The molecule has 0 aliphatic heterocycles. The van der Waals surface area contributed by atoms with E-state index in [-0.39, 0.29) is 60.9 Å². The maximum atomic E-state index is 0. The second-order valence-electron chi connectivity index (χ2n) is 0. The van der Waals surface area contributed by atoms with Gasteiger partial charge in [-0.1, -0.05) is 0 Å². The van der Waals surface area contributed by atoms with E-state index in [1.165, 1.54) is 0 Å². The fourth-order valence-electron chi connectivity index (χ4n) is 0. The van der Waals surface area contributed by atoms with Crippen LogP contribution in [0, 0.1) is 0 Å². The van der Waals surface area contributed by atoms with Gasteiger partial charge in [0.05, 0.1) is 0 Å². The molecular formula is FeLiOZn+3. The summed E-state index contributed by atoms with van der Waals surface area (Å²) in [6.07, 6.45) is 0. The minimum atomic E-state index is 0. The summed E-state index contributed by atoms with van der Waals surface area (Å²) in [5.41, 5.74) is 0. The Hall–Kier alpha value is 1.70. The zero-order valence-electron chi connectivity index (χ0n) is 2.47. The average Bonchev–Trinajstić information content (AvgIpc) is 0. The van der Waals surface area contributed by atoms with Crippen molar-refractivity contribution < 1.29 is 60.9 Å². The molecule has 0 rings (SSSR count). The monoisotopic (exact) mass is 143 g/mol. The summed E-state index contributed by atoms with van der Waals surface area (Å²) >= 11 is 0. The summed E-state index contributed by atoms with van der Waals surface area (Å²) in [4.78, 5) is 0. The van der Waals surface area contributed by atoms with Crippen molar-refractivity contribution in [2.75, 3.05) is 0 Å². The second kappa shape index (κ2) is 22.3. The van der Waals surface area contributed by atoms with Gasteiger partial charge in [0.25, 0.3) is 0 Å². The van der Waals surface area contributed by atoms with Crippen LogP contribution in [0.25, 0.3) is 0 Å². The van der Waals surface area contributed by atoms with E-state index in [0.29, 0.717) is 0 Å². The van der Waals surface area contributed by atoms with Gasteiger partial charge in [-0.05, 0) is 0 Å². The predicted octanol–water partition coefficient (Wildman–Crippen LogP) is -3.12. The topological polar surface area (TPSA) is 28.5 Å². The average molecular weight is 144 g/mol.